The molecule has 0 fully saturated rings. The monoisotopic (exact) mass is 269 g/mol. The van der Waals surface area contributed by atoms with E-state index >= 15 is 0 Å². The standard InChI is InChI=1S/C12H16BrNO/c1-2-5-12(15)14-9-8-10-6-3-4-7-11(10)13/h3-4,6-7H,2,5,8-9H2,1H3,(H,14,15). The van der Waals surface area contributed by atoms with Crippen LogP contribution in [0.5, 0.6) is 0 Å². The summed E-state index contributed by atoms with van der Waals surface area (Å²) in [6, 6.07) is 8.08. The molecular formula is C12H16BrNO. The predicted octanol–water partition coefficient (Wildman–Crippen LogP) is 2.91. The van der Waals surface area contributed by atoms with E-state index < -0.39 is 0 Å². The predicted molar refractivity (Wildman–Crippen MR) is 65.8 cm³/mol. The van der Waals surface area contributed by atoms with Crippen LogP contribution in [0, 0.1) is 0 Å². The Balaban J connectivity index is 2.32. The van der Waals surface area contributed by atoms with Gasteiger partial charge in [0, 0.05) is 17.4 Å². The van der Waals surface area contributed by atoms with Crippen molar-refractivity contribution in [2.45, 2.75) is 26.2 Å². The fraction of sp³-hybridized carbons (Fsp3) is 0.417. The minimum atomic E-state index is 0.143. The van der Waals surface area contributed by atoms with Gasteiger partial charge in [-0.3, -0.25) is 4.79 Å². The van der Waals surface area contributed by atoms with E-state index in [1.807, 2.05) is 25.1 Å². The maximum absolute atomic E-state index is 11.2. The normalized spacial score (nSPS) is 10.0. The molecule has 0 unspecified atom stereocenters. The molecule has 0 heterocycles. The lowest BCUT2D eigenvalue weighted by Gasteiger charge is -2.05. The number of rotatable bonds is 5. The van der Waals surface area contributed by atoms with Crippen molar-refractivity contribution in [2.24, 2.45) is 0 Å². The molecule has 0 saturated heterocycles. The van der Waals surface area contributed by atoms with Crippen molar-refractivity contribution in [1.82, 2.24) is 5.32 Å². The van der Waals surface area contributed by atoms with Crippen LogP contribution < -0.4 is 5.32 Å². The fourth-order valence-electron chi connectivity index (χ4n) is 1.35. The van der Waals surface area contributed by atoms with Crippen molar-refractivity contribution in [3.05, 3.63) is 34.3 Å². The number of halogens is 1. The summed E-state index contributed by atoms with van der Waals surface area (Å²) in [4.78, 5) is 11.2. The molecule has 0 spiro atoms. The van der Waals surface area contributed by atoms with Gasteiger partial charge in [-0.25, -0.2) is 0 Å². The molecule has 2 nitrogen and oxygen atoms in total. The number of carbonyl (C=O) groups is 1. The van der Waals surface area contributed by atoms with Crippen LogP contribution in [0.2, 0.25) is 0 Å². The van der Waals surface area contributed by atoms with E-state index in [2.05, 4.69) is 27.3 Å². The molecule has 0 aliphatic heterocycles. The lowest BCUT2D eigenvalue weighted by Crippen LogP contribution is -2.25. The van der Waals surface area contributed by atoms with Crippen molar-refractivity contribution >= 4 is 21.8 Å². The second-order valence-electron chi connectivity index (χ2n) is 3.44. The quantitative estimate of drug-likeness (QED) is 0.875. The van der Waals surface area contributed by atoms with Crippen molar-refractivity contribution in [2.75, 3.05) is 6.54 Å². The van der Waals surface area contributed by atoms with Crippen LogP contribution >= 0.6 is 15.9 Å². The molecule has 1 aromatic carbocycles. The summed E-state index contributed by atoms with van der Waals surface area (Å²) in [6.07, 6.45) is 2.40. The van der Waals surface area contributed by atoms with Gasteiger partial charge in [-0.05, 0) is 24.5 Å². The molecule has 1 aromatic rings. The van der Waals surface area contributed by atoms with Gasteiger partial charge in [0.1, 0.15) is 0 Å². The number of hydrogen-bond donors (Lipinski definition) is 1. The smallest absolute Gasteiger partial charge is 0.219 e. The van der Waals surface area contributed by atoms with Gasteiger partial charge in [-0.2, -0.15) is 0 Å². The summed E-state index contributed by atoms with van der Waals surface area (Å²) in [5.74, 6) is 0.143. The zero-order valence-corrected chi connectivity index (χ0v) is 10.5. The number of benzene rings is 1. The molecule has 0 aliphatic rings. The second-order valence-corrected chi connectivity index (χ2v) is 4.30. The molecule has 1 N–H and O–H groups in total. The van der Waals surface area contributed by atoms with E-state index in [4.69, 9.17) is 0 Å². The van der Waals surface area contributed by atoms with Gasteiger partial charge in [0.05, 0.1) is 0 Å². The van der Waals surface area contributed by atoms with Crippen LogP contribution in [0.1, 0.15) is 25.3 Å². The first-order valence-corrected chi connectivity index (χ1v) is 6.03. The Bertz CT molecular complexity index is 325. The Kier molecular flexibility index (Phi) is 5.40. The first kappa shape index (κ1) is 12.2. The molecule has 1 rings (SSSR count). The first-order chi connectivity index (χ1) is 7.24. The summed E-state index contributed by atoms with van der Waals surface area (Å²) >= 11 is 3.48. The molecule has 0 aromatic heterocycles. The molecule has 0 bridgehead atoms. The van der Waals surface area contributed by atoms with E-state index in [0.29, 0.717) is 13.0 Å². The Morgan fingerprint density at radius 2 is 2.13 bits per heavy atom. The number of nitrogens with one attached hydrogen (secondary N) is 1. The summed E-state index contributed by atoms with van der Waals surface area (Å²) in [5, 5.41) is 2.90. The van der Waals surface area contributed by atoms with Crippen LogP contribution in [-0.2, 0) is 11.2 Å². The molecule has 1 amide bonds. The third-order valence-electron chi connectivity index (χ3n) is 2.15. The Morgan fingerprint density at radius 1 is 1.40 bits per heavy atom. The third-order valence-corrected chi connectivity index (χ3v) is 2.93. The fourth-order valence-corrected chi connectivity index (χ4v) is 1.84. The van der Waals surface area contributed by atoms with E-state index in [9.17, 15) is 4.79 Å². The lowest BCUT2D eigenvalue weighted by atomic mass is 10.1. The highest BCUT2D eigenvalue weighted by molar-refractivity contribution is 9.10. The Morgan fingerprint density at radius 3 is 2.80 bits per heavy atom. The van der Waals surface area contributed by atoms with Gasteiger partial charge in [0.25, 0.3) is 0 Å². The largest absolute Gasteiger partial charge is 0.356 e. The van der Waals surface area contributed by atoms with Crippen LogP contribution in [0.3, 0.4) is 0 Å². The number of carbonyl (C=O) groups excluding carboxylic acids is 1. The van der Waals surface area contributed by atoms with Gasteiger partial charge in [-0.1, -0.05) is 41.1 Å². The Labute approximate surface area is 99.2 Å². The average molecular weight is 270 g/mol. The van der Waals surface area contributed by atoms with E-state index in [-0.39, 0.29) is 5.91 Å². The Hall–Kier alpha value is -0.830. The zero-order valence-electron chi connectivity index (χ0n) is 8.92. The van der Waals surface area contributed by atoms with Gasteiger partial charge in [0.2, 0.25) is 5.91 Å². The van der Waals surface area contributed by atoms with Crippen molar-refractivity contribution < 1.29 is 4.79 Å². The molecule has 0 atom stereocenters. The van der Waals surface area contributed by atoms with Crippen molar-refractivity contribution in [3.8, 4) is 0 Å². The van der Waals surface area contributed by atoms with Gasteiger partial charge >= 0.3 is 0 Å². The van der Waals surface area contributed by atoms with Crippen LogP contribution in [0.15, 0.2) is 28.7 Å². The number of amides is 1. The summed E-state index contributed by atoms with van der Waals surface area (Å²) in [5.41, 5.74) is 1.23. The highest BCUT2D eigenvalue weighted by atomic mass is 79.9. The highest BCUT2D eigenvalue weighted by Crippen LogP contribution is 2.15. The minimum absolute atomic E-state index is 0.143. The number of hydrogen-bond acceptors (Lipinski definition) is 1. The van der Waals surface area contributed by atoms with E-state index in [0.717, 1.165) is 17.3 Å². The maximum Gasteiger partial charge on any atom is 0.219 e. The molecule has 3 heteroatoms. The summed E-state index contributed by atoms with van der Waals surface area (Å²) in [6.45, 7) is 2.72. The molecule has 0 radical (unpaired) electrons. The zero-order chi connectivity index (χ0) is 11.1. The minimum Gasteiger partial charge on any atom is -0.356 e. The topological polar surface area (TPSA) is 29.1 Å². The lowest BCUT2D eigenvalue weighted by molar-refractivity contribution is -0.121. The van der Waals surface area contributed by atoms with Crippen molar-refractivity contribution in [1.29, 1.82) is 0 Å². The molecule has 82 valence electrons. The average Bonchev–Trinajstić information content (AvgIpc) is 2.21. The van der Waals surface area contributed by atoms with E-state index in [1.165, 1.54) is 5.56 Å². The van der Waals surface area contributed by atoms with Crippen LogP contribution in [-0.4, -0.2) is 12.5 Å². The molecule has 0 saturated carbocycles. The summed E-state index contributed by atoms with van der Waals surface area (Å²) < 4.78 is 1.11. The third kappa shape index (κ3) is 4.47. The molecule has 15 heavy (non-hydrogen) atoms. The van der Waals surface area contributed by atoms with Crippen LogP contribution in [0.25, 0.3) is 0 Å². The van der Waals surface area contributed by atoms with Gasteiger partial charge in [-0.15, -0.1) is 0 Å². The molecule has 0 aliphatic carbocycles. The van der Waals surface area contributed by atoms with Gasteiger partial charge in [0.15, 0.2) is 0 Å². The molecular weight excluding hydrogens is 254 g/mol. The summed E-state index contributed by atoms with van der Waals surface area (Å²) in [7, 11) is 0. The first-order valence-electron chi connectivity index (χ1n) is 5.24. The maximum atomic E-state index is 11.2. The van der Waals surface area contributed by atoms with Crippen molar-refractivity contribution in [3.63, 3.8) is 0 Å². The SMILES string of the molecule is CCCC(=O)NCCc1ccccc1Br. The van der Waals surface area contributed by atoms with Crippen LogP contribution in [0.4, 0.5) is 0 Å². The second kappa shape index (κ2) is 6.62. The van der Waals surface area contributed by atoms with E-state index in [1.54, 1.807) is 0 Å². The highest BCUT2D eigenvalue weighted by Gasteiger charge is 2.00. The van der Waals surface area contributed by atoms with Gasteiger partial charge < -0.3 is 5.32 Å².